The van der Waals surface area contributed by atoms with Gasteiger partial charge in [0.15, 0.2) is 0 Å². The maximum Gasteiger partial charge on any atom is 0.136 e. The summed E-state index contributed by atoms with van der Waals surface area (Å²) in [6, 6.07) is 22.7. The van der Waals surface area contributed by atoms with Gasteiger partial charge in [0, 0.05) is 6.54 Å². The molecule has 0 amide bonds. The van der Waals surface area contributed by atoms with E-state index in [-0.39, 0.29) is 6.10 Å². The average Bonchev–Trinajstić information content (AvgIpc) is 2.53. The molecule has 106 valence electrons. The normalized spacial score (nSPS) is 12.3. The summed E-state index contributed by atoms with van der Waals surface area (Å²) in [5.74, 6) is 0.852. The summed E-state index contributed by atoms with van der Waals surface area (Å²) < 4.78 is 6.07. The van der Waals surface area contributed by atoms with Crippen LogP contribution in [0.15, 0.2) is 66.7 Å². The minimum atomic E-state index is -0.119. The molecule has 0 aliphatic carbocycles. The molecular formula is C19H19NO. The summed E-state index contributed by atoms with van der Waals surface area (Å²) in [5, 5.41) is 2.39. The lowest BCUT2D eigenvalue weighted by atomic mass is 10.1. The zero-order valence-corrected chi connectivity index (χ0v) is 12.1. The fourth-order valence-electron chi connectivity index (χ4n) is 2.44. The van der Waals surface area contributed by atoms with Crippen LogP contribution in [0.4, 0.5) is 0 Å². The zero-order valence-electron chi connectivity index (χ0n) is 12.1. The van der Waals surface area contributed by atoms with Gasteiger partial charge in [-0.05, 0) is 35.4 Å². The SMILES string of the molecule is Cc1ccc(C(CN)Oc2ccc3ccccc3c2)cc1. The maximum absolute atomic E-state index is 6.07. The van der Waals surface area contributed by atoms with E-state index in [1.807, 2.05) is 18.2 Å². The van der Waals surface area contributed by atoms with Crippen LogP contribution in [0.2, 0.25) is 0 Å². The Balaban J connectivity index is 1.86. The molecule has 2 nitrogen and oxygen atoms in total. The third-order valence-corrected chi connectivity index (χ3v) is 3.66. The van der Waals surface area contributed by atoms with E-state index in [1.54, 1.807) is 0 Å². The lowest BCUT2D eigenvalue weighted by molar-refractivity contribution is 0.214. The first kappa shape index (κ1) is 13.7. The molecule has 3 aromatic rings. The molecule has 0 aromatic heterocycles. The van der Waals surface area contributed by atoms with Crippen molar-refractivity contribution in [3.8, 4) is 5.75 Å². The zero-order chi connectivity index (χ0) is 14.7. The van der Waals surface area contributed by atoms with E-state index in [0.29, 0.717) is 6.54 Å². The van der Waals surface area contributed by atoms with Crippen molar-refractivity contribution < 1.29 is 4.74 Å². The van der Waals surface area contributed by atoms with Gasteiger partial charge in [-0.1, -0.05) is 60.2 Å². The summed E-state index contributed by atoms with van der Waals surface area (Å²) in [5.41, 5.74) is 8.22. The Labute approximate surface area is 125 Å². The molecular weight excluding hydrogens is 258 g/mol. The Morgan fingerprint density at radius 3 is 2.33 bits per heavy atom. The molecule has 0 aliphatic heterocycles. The third kappa shape index (κ3) is 3.06. The topological polar surface area (TPSA) is 35.2 Å². The van der Waals surface area contributed by atoms with E-state index >= 15 is 0 Å². The van der Waals surface area contributed by atoms with E-state index in [9.17, 15) is 0 Å². The van der Waals surface area contributed by atoms with E-state index in [1.165, 1.54) is 16.3 Å². The van der Waals surface area contributed by atoms with Crippen LogP contribution in [0, 0.1) is 6.92 Å². The van der Waals surface area contributed by atoms with Crippen molar-refractivity contribution in [3.05, 3.63) is 77.9 Å². The lowest BCUT2D eigenvalue weighted by Crippen LogP contribution is -2.18. The molecule has 1 atom stereocenters. The molecule has 0 aliphatic rings. The molecule has 3 aromatic carbocycles. The molecule has 3 rings (SSSR count). The second-order valence-electron chi connectivity index (χ2n) is 5.26. The molecule has 2 heteroatoms. The van der Waals surface area contributed by atoms with Crippen LogP contribution in [-0.4, -0.2) is 6.54 Å². The fraction of sp³-hybridized carbons (Fsp3) is 0.158. The van der Waals surface area contributed by atoms with E-state index in [4.69, 9.17) is 10.5 Å². The van der Waals surface area contributed by atoms with Crippen molar-refractivity contribution in [1.82, 2.24) is 0 Å². The van der Waals surface area contributed by atoms with Gasteiger partial charge in [-0.25, -0.2) is 0 Å². The minimum Gasteiger partial charge on any atom is -0.484 e. The number of hydrogen-bond donors (Lipinski definition) is 1. The number of benzene rings is 3. The molecule has 0 bridgehead atoms. The van der Waals surface area contributed by atoms with Gasteiger partial charge in [0.05, 0.1) is 0 Å². The van der Waals surface area contributed by atoms with Gasteiger partial charge >= 0.3 is 0 Å². The van der Waals surface area contributed by atoms with E-state index < -0.39 is 0 Å². The molecule has 0 saturated carbocycles. The summed E-state index contributed by atoms with van der Waals surface area (Å²) in [6.45, 7) is 2.53. The van der Waals surface area contributed by atoms with Crippen molar-refractivity contribution in [2.45, 2.75) is 13.0 Å². The van der Waals surface area contributed by atoms with E-state index in [2.05, 4.69) is 55.5 Å². The summed E-state index contributed by atoms with van der Waals surface area (Å²) in [4.78, 5) is 0. The lowest BCUT2D eigenvalue weighted by Gasteiger charge is -2.18. The largest absolute Gasteiger partial charge is 0.484 e. The summed E-state index contributed by atoms with van der Waals surface area (Å²) >= 11 is 0. The van der Waals surface area contributed by atoms with Gasteiger partial charge in [-0.2, -0.15) is 0 Å². The minimum absolute atomic E-state index is 0.119. The van der Waals surface area contributed by atoms with Gasteiger partial charge in [0.25, 0.3) is 0 Å². The smallest absolute Gasteiger partial charge is 0.136 e. The molecule has 0 saturated heterocycles. The number of fused-ring (bicyclic) bond motifs is 1. The van der Waals surface area contributed by atoms with Crippen LogP contribution < -0.4 is 10.5 Å². The van der Waals surface area contributed by atoms with E-state index in [0.717, 1.165) is 11.3 Å². The molecule has 0 spiro atoms. The Kier molecular flexibility index (Phi) is 3.89. The van der Waals surface area contributed by atoms with Crippen molar-refractivity contribution in [2.24, 2.45) is 5.73 Å². The standard InChI is InChI=1S/C19H19NO/c1-14-6-8-16(9-7-14)19(13-20)21-18-11-10-15-4-2-3-5-17(15)12-18/h2-12,19H,13,20H2,1H3. The predicted molar refractivity (Wildman–Crippen MR) is 87.6 cm³/mol. The number of aryl methyl sites for hydroxylation is 1. The first-order chi connectivity index (χ1) is 10.3. The highest BCUT2D eigenvalue weighted by molar-refractivity contribution is 5.83. The van der Waals surface area contributed by atoms with Gasteiger partial charge in [0.2, 0.25) is 0 Å². The van der Waals surface area contributed by atoms with Crippen molar-refractivity contribution in [2.75, 3.05) is 6.54 Å². The van der Waals surface area contributed by atoms with Gasteiger partial charge < -0.3 is 10.5 Å². The highest BCUT2D eigenvalue weighted by Gasteiger charge is 2.11. The Morgan fingerprint density at radius 1 is 0.905 bits per heavy atom. The van der Waals surface area contributed by atoms with Crippen LogP contribution in [0.1, 0.15) is 17.2 Å². The Bertz CT molecular complexity index is 734. The quantitative estimate of drug-likeness (QED) is 0.774. The molecule has 0 radical (unpaired) electrons. The number of hydrogen-bond acceptors (Lipinski definition) is 2. The fourth-order valence-corrected chi connectivity index (χ4v) is 2.44. The van der Waals surface area contributed by atoms with Crippen LogP contribution in [0.5, 0.6) is 5.75 Å². The molecule has 0 fully saturated rings. The van der Waals surface area contributed by atoms with Gasteiger partial charge in [-0.15, -0.1) is 0 Å². The number of rotatable bonds is 4. The second-order valence-corrected chi connectivity index (χ2v) is 5.26. The van der Waals surface area contributed by atoms with Crippen molar-refractivity contribution >= 4 is 10.8 Å². The molecule has 0 heterocycles. The highest BCUT2D eigenvalue weighted by atomic mass is 16.5. The molecule has 2 N–H and O–H groups in total. The third-order valence-electron chi connectivity index (χ3n) is 3.66. The average molecular weight is 277 g/mol. The monoisotopic (exact) mass is 277 g/mol. The van der Waals surface area contributed by atoms with Crippen LogP contribution in [0.3, 0.4) is 0 Å². The van der Waals surface area contributed by atoms with Gasteiger partial charge in [-0.3, -0.25) is 0 Å². The van der Waals surface area contributed by atoms with Crippen LogP contribution >= 0.6 is 0 Å². The maximum atomic E-state index is 6.07. The van der Waals surface area contributed by atoms with Crippen molar-refractivity contribution in [3.63, 3.8) is 0 Å². The first-order valence-corrected chi connectivity index (χ1v) is 7.18. The number of ether oxygens (including phenoxy) is 1. The predicted octanol–water partition coefficient (Wildman–Crippen LogP) is 4.23. The highest BCUT2D eigenvalue weighted by Crippen LogP contribution is 2.25. The number of nitrogens with two attached hydrogens (primary N) is 1. The van der Waals surface area contributed by atoms with Crippen LogP contribution in [0.25, 0.3) is 10.8 Å². The van der Waals surface area contributed by atoms with Crippen molar-refractivity contribution in [1.29, 1.82) is 0 Å². The summed E-state index contributed by atoms with van der Waals surface area (Å²) in [7, 11) is 0. The molecule has 21 heavy (non-hydrogen) atoms. The Morgan fingerprint density at radius 2 is 1.62 bits per heavy atom. The first-order valence-electron chi connectivity index (χ1n) is 7.18. The second kappa shape index (κ2) is 5.98. The summed E-state index contributed by atoms with van der Waals surface area (Å²) in [6.07, 6.45) is -0.119. The Hall–Kier alpha value is -2.32. The van der Waals surface area contributed by atoms with Gasteiger partial charge in [0.1, 0.15) is 11.9 Å². The molecule has 1 unspecified atom stereocenters. The van der Waals surface area contributed by atoms with Crippen LogP contribution in [-0.2, 0) is 0 Å².